The van der Waals surface area contributed by atoms with Crippen molar-refractivity contribution >= 4 is 48.9 Å². The Balaban J connectivity index is 1.17. The van der Waals surface area contributed by atoms with E-state index in [0.29, 0.717) is 12.8 Å². The van der Waals surface area contributed by atoms with Crippen molar-refractivity contribution in [1.82, 2.24) is 10.6 Å². The zero-order valence-corrected chi connectivity index (χ0v) is 25.9. The summed E-state index contributed by atoms with van der Waals surface area (Å²) in [7, 11) is -1.22. The average Bonchev–Trinajstić information content (AvgIpc) is 3.04. The third kappa shape index (κ3) is 8.60. The van der Waals surface area contributed by atoms with Gasteiger partial charge in [-0.25, -0.2) is 0 Å². The zero-order valence-electron chi connectivity index (χ0n) is 24.1. The van der Waals surface area contributed by atoms with Crippen molar-refractivity contribution in [2.24, 2.45) is 0 Å². The molecule has 4 aromatic carbocycles. The number of hydrogen-bond donors (Lipinski definition) is 2. The standard InChI is InChI=1S/C36H40N2O2P2/c39-35(25-27-41(29-15-5-1-6-16-29)30-17-7-2-8-18-30)37-33-23-13-14-24-34(33)38-36(40)26-28-42(31-19-9-3-10-20-31)32-21-11-4-12-22-32/h1-12,15-22,33-34H,13-14,23-28H2,(H,37,39)(H,38,40)/t33-,34?/m1/s1. The molecule has 0 aliphatic heterocycles. The quantitative estimate of drug-likeness (QED) is 0.211. The Kier molecular flexibility index (Phi) is 11.3. The van der Waals surface area contributed by atoms with Crippen LogP contribution in [0.25, 0.3) is 0 Å². The minimum Gasteiger partial charge on any atom is -0.351 e. The van der Waals surface area contributed by atoms with Gasteiger partial charge < -0.3 is 10.6 Å². The first-order valence-electron chi connectivity index (χ1n) is 15.0. The average molecular weight is 595 g/mol. The zero-order chi connectivity index (χ0) is 29.0. The van der Waals surface area contributed by atoms with E-state index in [4.69, 9.17) is 0 Å². The number of carbonyl (C=O) groups excluding carboxylic acids is 2. The second kappa shape index (κ2) is 15.8. The van der Waals surface area contributed by atoms with Crippen LogP contribution in [0.3, 0.4) is 0 Å². The fraction of sp³-hybridized carbons (Fsp3) is 0.278. The molecule has 216 valence electrons. The molecule has 1 fully saturated rings. The molecule has 1 saturated carbocycles. The molecule has 0 aromatic heterocycles. The van der Waals surface area contributed by atoms with Gasteiger partial charge in [0.05, 0.1) is 0 Å². The second-order valence-corrected chi connectivity index (χ2v) is 15.5. The third-order valence-corrected chi connectivity index (χ3v) is 12.9. The lowest BCUT2D eigenvalue weighted by atomic mass is 9.90. The molecule has 5 rings (SSSR count). The highest BCUT2D eigenvalue weighted by Crippen LogP contribution is 2.35. The lowest BCUT2D eigenvalue weighted by Gasteiger charge is -2.33. The Morgan fingerprint density at radius 3 is 1.07 bits per heavy atom. The van der Waals surface area contributed by atoms with Gasteiger partial charge in [0, 0.05) is 24.9 Å². The fourth-order valence-electron chi connectivity index (χ4n) is 5.71. The van der Waals surface area contributed by atoms with Gasteiger partial charge in [-0.2, -0.15) is 0 Å². The van der Waals surface area contributed by atoms with E-state index in [0.717, 1.165) is 38.0 Å². The molecular weight excluding hydrogens is 554 g/mol. The summed E-state index contributed by atoms with van der Waals surface area (Å²) in [6.45, 7) is 0. The molecule has 1 aliphatic carbocycles. The summed E-state index contributed by atoms with van der Waals surface area (Å²) in [5, 5.41) is 11.8. The van der Waals surface area contributed by atoms with Crippen LogP contribution in [0.4, 0.5) is 0 Å². The molecule has 6 heteroatoms. The lowest BCUT2D eigenvalue weighted by Crippen LogP contribution is -2.53. The number of rotatable bonds is 12. The highest BCUT2D eigenvalue weighted by Gasteiger charge is 2.28. The molecule has 0 saturated heterocycles. The molecule has 0 bridgehead atoms. The molecule has 4 nitrogen and oxygen atoms in total. The van der Waals surface area contributed by atoms with Crippen molar-refractivity contribution in [2.75, 3.05) is 12.3 Å². The SMILES string of the molecule is O=C(CCP(c1ccccc1)c1ccccc1)NC1CCCC[C@H]1NC(=O)CCP(c1ccccc1)c1ccccc1. The first-order chi connectivity index (χ1) is 20.7. The minimum absolute atomic E-state index is 0.0142. The van der Waals surface area contributed by atoms with E-state index in [-0.39, 0.29) is 23.9 Å². The normalized spacial score (nSPS) is 16.7. The van der Waals surface area contributed by atoms with E-state index in [2.05, 4.69) is 108 Å². The molecule has 2 N–H and O–H groups in total. The smallest absolute Gasteiger partial charge is 0.220 e. The predicted molar refractivity (Wildman–Crippen MR) is 179 cm³/mol. The van der Waals surface area contributed by atoms with E-state index in [1.54, 1.807) is 0 Å². The van der Waals surface area contributed by atoms with Crippen LogP contribution in [0.15, 0.2) is 121 Å². The van der Waals surface area contributed by atoms with Gasteiger partial charge in [0.25, 0.3) is 0 Å². The van der Waals surface area contributed by atoms with E-state index >= 15 is 0 Å². The summed E-state index contributed by atoms with van der Waals surface area (Å²) in [5.74, 6) is 0.161. The van der Waals surface area contributed by atoms with Crippen LogP contribution in [-0.2, 0) is 9.59 Å². The van der Waals surface area contributed by atoms with Crippen molar-refractivity contribution in [3.8, 4) is 0 Å². The Morgan fingerprint density at radius 1 is 0.500 bits per heavy atom. The van der Waals surface area contributed by atoms with E-state index < -0.39 is 15.8 Å². The Bertz CT molecular complexity index is 1200. The first kappa shape index (κ1) is 30.1. The summed E-state index contributed by atoms with van der Waals surface area (Å²) < 4.78 is 0. The molecule has 0 spiro atoms. The minimum atomic E-state index is -0.610. The number of nitrogens with one attached hydrogen (secondary N) is 2. The van der Waals surface area contributed by atoms with Gasteiger partial charge in [0.15, 0.2) is 0 Å². The van der Waals surface area contributed by atoms with Crippen molar-refractivity contribution < 1.29 is 9.59 Å². The van der Waals surface area contributed by atoms with Gasteiger partial charge in [-0.1, -0.05) is 134 Å². The van der Waals surface area contributed by atoms with Gasteiger partial charge in [-0.05, 0) is 62.2 Å². The van der Waals surface area contributed by atoms with Gasteiger partial charge in [-0.3, -0.25) is 9.59 Å². The van der Waals surface area contributed by atoms with Gasteiger partial charge >= 0.3 is 0 Å². The van der Waals surface area contributed by atoms with Crippen LogP contribution >= 0.6 is 15.8 Å². The topological polar surface area (TPSA) is 58.2 Å². The molecule has 42 heavy (non-hydrogen) atoms. The first-order valence-corrected chi connectivity index (χ1v) is 18.1. The van der Waals surface area contributed by atoms with Gasteiger partial charge in [0.1, 0.15) is 0 Å². The van der Waals surface area contributed by atoms with Crippen molar-refractivity contribution in [2.45, 2.75) is 50.6 Å². The van der Waals surface area contributed by atoms with Crippen LogP contribution in [-0.4, -0.2) is 36.2 Å². The molecular formula is C36H40N2O2P2. The van der Waals surface area contributed by atoms with Crippen molar-refractivity contribution in [1.29, 1.82) is 0 Å². The molecule has 0 radical (unpaired) electrons. The highest BCUT2D eigenvalue weighted by atomic mass is 31.1. The van der Waals surface area contributed by atoms with Crippen LogP contribution < -0.4 is 31.9 Å². The van der Waals surface area contributed by atoms with Crippen LogP contribution in [0.5, 0.6) is 0 Å². The maximum atomic E-state index is 13.2. The van der Waals surface area contributed by atoms with E-state index in [9.17, 15) is 9.59 Å². The van der Waals surface area contributed by atoms with E-state index in [1.807, 2.05) is 24.3 Å². The van der Waals surface area contributed by atoms with Gasteiger partial charge in [0.2, 0.25) is 11.8 Å². The number of benzene rings is 4. The Labute approximate surface area is 252 Å². The van der Waals surface area contributed by atoms with Gasteiger partial charge in [-0.15, -0.1) is 0 Å². The number of carbonyl (C=O) groups is 2. The third-order valence-electron chi connectivity index (χ3n) is 7.86. The summed E-state index contributed by atoms with van der Waals surface area (Å²) in [6, 6.07) is 42.1. The predicted octanol–water partition coefficient (Wildman–Crippen LogP) is 5.58. The molecule has 1 aliphatic rings. The number of amides is 2. The monoisotopic (exact) mass is 594 g/mol. The largest absolute Gasteiger partial charge is 0.351 e. The maximum Gasteiger partial charge on any atom is 0.220 e. The summed E-state index contributed by atoms with van der Waals surface area (Å²) >= 11 is 0. The number of hydrogen-bond acceptors (Lipinski definition) is 2. The maximum absolute atomic E-state index is 13.2. The molecule has 2 atom stereocenters. The van der Waals surface area contributed by atoms with Crippen molar-refractivity contribution in [3.63, 3.8) is 0 Å². The van der Waals surface area contributed by atoms with Crippen LogP contribution in [0.1, 0.15) is 38.5 Å². The van der Waals surface area contributed by atoms with E-state index in [1.165, 1.54) is 21.2 Å². The lowest BCUT2D eigenvalue weighted by molar-refractivity contribution is -0.124. The van der Waals surface area contributed by atoms with Crippen LogP contribution in [0.2, 0.25) is 0 Å². The Morgan fingerprint density at radius 2 is 0.786 bits per heavy atom. The second-order valence-electron chi connectivity index (χ2n) is 10.8. The Hall–Kier alpha value is -3.32. The summed E-state index contributed by atoms with van der Waals surface area (Å²) in [5.41, 5.74) is 0. The van der Waals surface area contributed by atoms with Crippen molar-refractivity contribution in [3.05, 3.63) is 121 Å². The summed E-state index contributed by atoms with van der Waals surface area (Å²) in [4.78, 5) is 26.5. The van der Waals surface area contributed by atoms with Crippen LogP contribution in [0, 0.1) is 0 Å². The molecule has 0 heterocycles. The molecule has 2 amide bonds. The highest BCUT2D eigenvalue weighted by molar-refractivity contribution is 7.73. The summed E-state index contributed by atoms with van der Waals surface area (Å²) in [6.07, 6.45) is 6.53. The molecule has 4 aromatic rings. The fourth-order valence-corrected chi connectivity index (χ4v) is 10.3. The molecule has 1 unspecified atom stereocenters.